The number of amides is 2. The number of ether oxygens (including phenoxy) is 2. The fourth-order valence-corrected chi connectivity index (χ4v) is 3.15. The molecule has 108 valence electrons. The van der Waals surface area contributed by atoms with Crippen molar-refractivity contribution in [1.82, 2.24) is 4.90 Å². The maximum Gasteiger partial charge on any atom is 0.321 e. The Morgan fingerprint density at radius 1 is 1.30 bits per heavy atom. The van der Waals surface area contributed by atoms with Crippen LogP contribution >= 0.6 is 11.8 Å². The second-order valence-corrected chi connectivity index (χ2v) is 6.06. The van der Waals surface area contributed by atoms with Gasteiger partial charge in [0.1, 0.15) is 0 Å². The number of hydrogen-bond donors (Lipinski definition) is 1. The van der Waals surface area contributed by atoms with Gasteiger partial charge < -0.3 is 19.7 Å². The lowest BCUT2D eigenvalue weighted by atomic mass is 10.1. The number of fused-ring (bicyclic) bond motifs is 1. The Morgan fingerprint density at radius 2 is 2.05 bits per heavy atom. The molecule has 2 heterocycles. The highest BCUT2D eigenvalue weighted by Gasteiger charge is 2.22. The lowest BCUT2D eigenvalue weighted by Gasteiger charge is -2.31. The van der Waals surface area contributed by atoms with E-state index in [1.54, 1.807) is 6.07 Å². The highest BCUT2D eigenvalue weighted by atomic mass is 32.2. The van der Waals surface area contributed by atoms with E-state index >= 15 is 0 Å². The smallest absolute Gasteiger partial charge is 0.321 e. The van der Waals surface area contributed by atoms with Crippen LogP contribution in [-0.4, -0.2) is 42.3 Å². The van der Waals surface area contributed by atoms with Crippen LogP contribution in [0.1, 0.15) is 12.8 Å². The Morgan fingerprint density at radius 3 is 2.80 bits per heavy atom. The SMILES string of the molecule is CSC1CCN(C(=O)Nc2ccc3c(c2)OCO3)CC1. The first-order valence-electron chi connectivity index (χ1n) is 6.74. The number of benzene rings is 1. The molecule has 2 amide bonds. The van der Waals surface area contributed by atoms with Crippen molar-refractivity contribution in [3.05, 3.63) is 18.2 Å². The largest absolute Gasteiger partial charge is 0.454 e. The van der Waals surface area contributed by atoms with E-state index in [0.717, 1.165) is 37.4 Å². The van der Waals surface area contributed by atoms with Crippen LogP contribution in [0, 0.1) is 0 Å². The summed E-state index contributed by atoms with van der Waals surface area (Å²) in [6.07, 6.45) is 4.26. The van der Waals surface area contributed by atoms with Crippen molar-refractivity contribution in [2.45, 2.75) is 18.1 Å². The molecule has 0 bridgehead atoms. The molecule has 2 aliphatic rings. The predicted octanol–water partition coefficient (Wildman–Crippen LogP) is 2.77. The number of urea groups is 1. The van der Waals surface area contributed by atoms with Gasteiger partial charge in [-0.15, -0.1) is 0 Å². The van der Waals surface area contributed by atoms with Crippen LogP contribution < -0.4 is 14.8 Å². The summed E-state index contributed by atoms with van der Waals surface area (Å²) in [5.41, 5.74) is 0.742. The van der Waals surface area contributed by atoms with Crippen molar-refractivity contribution < 1.29 is 14.3 Å². The molecule has 1 N–H and O–H groups in total. The molecule has 1 aromatic carbocycles. The quantitative estimate of drug-likeness (QED) is 0.911. The van der Waals surface area contributed by atoms with Crippen LogP contribution in [0.5, 0.6) is 11.5 Å². The standard InChI is InChI=1S/C14H18N2O3S/c1-20-11-4-6-16(7-5-11)14(17)15-10-2-3-12-13(8-10)19-9-18-12/h2-3,8,11H,4-7,9H2,1H3,(H,15,17). The Bertz CT molecular complexity index is 501. The molecule has 0 spiro atoms. The zero-order chi connectivity index (χ0) is 13.9. The molecule has 20 heavy (non-hydrogen) atoms. The molecule has 3 rings (SSSR count). The summed E-state index contributed by atoms with van der Waals surface area (Å²) in [7, 11) is 0. The van der Waals surface area contributed by atoms with E-state index in [2.05, 4.69) is 11.6 Å². The first-order valence-corrected chi connectivity index (χ1v) is 8.03. The third kappa shape index (κ3) is 2.80. The van der Waals surface area contributed by atoms with Crippen LogP contribution in [-0.2, 0) is 0 Å². The second-order valence-electron chi connectivity index (χ2n) is 4.92. The molecule has 2 aliphatic heterocycles. The molecule has 0 saturated carbocycles. The van der Waals surface area contributed by atoms with Crippen molar-refractivity contribution in [2.75, 3.05) is 31.5 Å². The van der Waals surface area contributed by atoms with E-state index in [1.807, 2.05) is 28.8 Å². The first-order chi connectivity index (χ1) is 9.76. The van der Waals surface area contributed by atoms with E-state index in [0.29, 0.717) is 11.0 Å². The van der Waals surface area contributed by atoms with Gasteiger partial charge in [-0.1, -0.05) is 0 Å². The fraction of sp³-hybridized carbons (Fsp3) is 0.500. The average molecular weight is 294 g/mol. The van der Waals surface area contributed by atoms with Crippen LogP contribution in [0.3, 0.4) is 0 Å². The van der Waals surface area contributed by atoms with Crippen molar-refractivity contribution in [3.63, 3.8) is 0 Å². The van der Waals surface area contributed by atoms with Crippen molar-refractivity contribution in [3.8, 4) is 11.5 Å². The molecule has 0 aromatic heterocycles. The van der Waals surface area contributed by atoms with E-state index in [-0.39, 0.29) is 12.8 Å². The zero-order valence-corrected chi connectivity index (χ0v) is 12.2. The van der Waals surface area contributed by atoms with Crippen LogP contribution in [0.25, 0.3) is 0 Å². The molecular weight excluding hydrogens is 276 g/mol. The Hall–Kier alpha value is -1.56. The van der Waals surface area contributed by atoms with Crippen LogP contribution in [0.2, 0.25) is 0 Å². The number of nitrogens with one attached hydrogen (secondary N) is 1. The molecular formula is C14H18N2O3S. The van der Waals surface area contributed by atoms with E-state index in [4.69, 9.17) is 9.47 Å². The Balaban J connectivity index is 1.59. The predicted molar refractivity (Wildman–Crippen MR) is 79.7 cm³/mol. The van der Waals surface area contributed by atoms with Gasteiger partial charge in [0.15, 0.2) is 11.5 Å². The normalized spacial score (nSPS) is 18.1. The average Bonchev–Trinajstić information content (AvgIpc) is 2.95. The van der Waals surface area contributed by atoms with Gasteiger partial charge >= 0.3 is 6.03 Å². The summed E-state index contributed by atoms with van der Waals surface area (Å²) in [6.45, 7) is 1.89. The van der Waals surface area contributed by atoms with Crippen molar-refractivity contribution in [1.29, 1.82) is 0 Å². The molecule has 0 atom stereocenters. The minimum absolute atomic E-state index is 0.0385. The summed E-state index contributed by atoms with van der Waals surface area (Å²) < 4.78 is 10.6. The van der Waals surface area contributed by atoms with E-state index in [9.17, 15) is 4.79 Å². The monoisotopic (exact) mass is 294 g/mol. The maximum atomic E-state index is 12.2. The summed E-state index contributed by atoms with van der Waals surface area (Å²) in [5, 5.41) is 3.60. The number of carbonyl (C=O) groups excluding carboxylic acids is 1. The summed E-state index contributed by atoms with van der Waals surface area (Å²) in [5.74, 6) is 1.41. The third-order valence-electron chi connectivity index (χ3n) is 3.69. The molecule has 5 nitrogen and oxygen atoms in total. The highest BCUT2D eigenvalue weighted by molar-refractivity contribution is 7.99. The van der Waals surface area contributed by atoms with Gasteiger partial charge in [0, 0.05) is 30.1 Å². The van der Waals surface area contributed by atoms with Gasteiger partial charge in [-0.05, 0) is 31.2 Å². The molecule has 0 radical (unpaired) electrons. The van der Waals surface area contributed by atoms with Gasteiger partial charge in [-0.3, -0.25) is 0 Å². The van der Waals surface area contributed by atoms with Gasteiger partial charge in [-0.2, -0.15) is 11.8 Å². The minimum atomic E-state index is -0.0385. The number of anilines is 1. The third-order valence-corrected chi connectivity index (χ3v) is 4.82. The number of carbonyl (C=O) groups is 1. The summed E-state index contributed by atoms with van der Waals surface area (Å²) in [6, 6.07) is 5.41. The van der Waals surface area contributed by atoms with Crippen LogP contribution in [0.15, 0.2) is 18.2 Å². The summed E-state index contributed by atoms with van der Waals surface area (Å²) in [4.78, 5) is 14.1. The van der Waals surface area contributed by atoms with Crippen molar-refractivity contribution >= 4 is 23.5 Å². The van der Waals surface area contributed by atoms with Crippen LogP contribution in [0.4, 0.5) is 10.5 Å². The van der Waals surface area contributed by atoms with Gasteiger partial charge in [0.05, 0.1) is 0 Å². The zero-order valence-electron chi connectivity index (χ0n) is 11.4. The van der Waals surface area contributed by atoms with E-state index in [1.165, 1.54) is 0 Å². The first kappa shape index (κ1) is 13.4. The minimum Gasteiger partial charge on any atom is -0.454 e. The molecule has 0 aliphatic carbocycles. The number of rotatable bonds is 2. The number of piperidine rings is 1. The molecule has 6 heteroatoms. The number of thioether (sulfide) groups is 1. The maximum absolute atomic E-state index is 12.2. The van der Waals surface area contributed by atoms with Gasteiger partial charge in [-0.25, -0.2) is 4.79 Å². The lowest BCUT2D eigenvalue weighted by Crippen LogP contribution is -2.41. The molecule has 1 aromatic rings. The van der Waals surface area contributed by atoms with Crippen molar-refractivity contribution in [2.24, 2.45) is 0 Å². The Labute approximate surface area is 122 Å². The topological polar surface area (TPSA) is 50.8 Å². The Kier molecular flexibility index (Phi) is 3.91. The fourth-order valence-electron chi connectivity index (χ4n) is 2.47. The highest BCUT2D eigenvalue weighted by Crippen LogP contribution is 2.34. The second kappa shape index (κ2) is 5.83. The number of hydrogen-bond acceptors (Lipinski definition) is 4. The van der Waals surface area contributed by atoms with E-state index < -0.39 is 0 Å². The number of nitrogens with zero attached hydrogens (tertiary/aromatic N) is 1. The molecule has 1 saturated heterocycles. The summed E-state index contributed by atoms with van der Waals surface area (Å²) >= 11 is 1.89. The molecule has 0 unspecified atom stereocenters. The van der Waals surface area contributed by atoms with Gasteiger partial charge in [0.25, 0.3) is 0 Å². The molecule has 1 fully saturated rings. The number of likely N-dealkylation sites (tertiary alicyclic amines) is 1. The lowest BCUT2D eigenvalue weighted by molar-refractivity contribution is 0.174. The van der Waals surface area contributed by atoms with Gasteiger partial charge in [0.2, 0.25) is 6.79 Å².